The second-order valence-corrected chi connectivity index (χ2v) is 8.49. The third-order valence-corrected chi connectivity index (χ3v) is 7.41. The standard InChI is InChI=1S/C17H27NOS2/c1-5-18-17(16-11-20-12(3)13(4)21-16)14-7-9-15(10-8-14)19-6-2/h7-10,12-13,16-18H,5-6,11H2,1-4H3. The summed E-state index contributed by atoms with van der Waals surface area (Å²) < 4.78 is 5.55. The first-order valence-electron chi connectivity index (χ1n) is 7.88. The van der Waals surface area contributed by atoms with Gasteiger partial charge in [0.05, 0.1) is 6.61 Å². The van der Waals surface area contributed by atoms with E-state index in [9.17, 15) is 0 Å². The third-order valence-electron chi connectivity index (χ3n) is 3.92. The number of thioether (sulfide) groups is 2. The zero-order chi connectivity index (χ0) is 15.2. The van der Waals surface area contributed by atoms with Gasteiger partial charge in [-0.1, -0.05) is 32.9 Å². The fourth-order valence-corrected chi connectivity index (χ4v) is 5.72. The van der Waals surface area contributed by atoms with Crippen molar-refractivity contribution in [3.63, 3.8) is 0 Å². The molecular weight excluding hydrogens is 298 g/mol. The van der Waals surface area contributed by atoms with E-state index in [0.29, 0.717) is 11.3 Å². The molecule has 0 bridgehead atoms. The monoisotopic (exact) mass is 325 g/mol. The lowest BCUT2D eigenvalue weighted by molar-refractivity contribution is 0.340. The number of benzene rings is 1. The molecule has 1 fully saturated rings. The van der Waals surface area contributed by atoms with Crippen molar-refractivity contribution in [2.75, 3.05) is 18.9 Å². The highest BCUT2D eigenvalue weighted by molar-refractivity contribution is 8.07. The Kier molecular flexibility index (Phi) is 6.77. The van der Waals surface area contributed by atoms with Crippen LogP contribution in [-0.4, -0.2) is 34.7 Å². The highest BCUT2D eigenvalue weighted by atomic mass is 32.2. The van der Waals surface area contributed by atoms with Crippen molar-refractivity contribution >= 4 is 23.5 Å². The number of hydrogen-bond acceptors (Lipinski definition) is 4. The lowest BCUT2D eigenvalue weighted by Gasteiger charge is -2.36. The van der Waals surface area contributed by atoms with Crippen LogP contribution in [0.25, 0.3) is 0 Å². The van der Waals surface area contributed by atoms with Gasteiger partial charge in [-0.2, -0.15) is 23.5 Å². The van der Waals surface area contributed by atoms with Crippen molar-refractivity contribution in [2.24, 2.45) is 0 Å². The van der Waals surface area contributed by atoms with Crippen LogP contribution in [0, 0.1) is 0 Å². The van der Waals surface area contributed by atoms with E-state index in [0.717, 1.165) is 29.4 Å². The van der Waals surface area contributed by atoms with Gasteiger partial charge < -0.3 is 10.1 Å². The first-order chi connectivity index (χ1) is 10.2. The largest absolute Gasteiger partial charge is 0.494 e. The fourth-order valence-electron chi connectivity index (χ4n) is 2.60. The van der Waals surface area contributed by atoms with Gasteiger partial charge >= 0.3 is 0 Å². The van der Waals surface area contributed by atoms with E-state index >= 15 is 0 Å². The minimum absolute atomic E-state index is 0.429. The summed E-state index contributed by atoms with van der Waals surface area (Å²) in [5, 5.41) is 5.80. The second-order valence-electron chi connectivity index (χ2n) is 5.46. The van der Waals surface area contributed by atoms with Crippen molar-refractivity contribution in [1.29, 1.82) is 0 Å². The van der Waals surface area contributed by atoms with Crippen molar-refractivity contribution < 1.29 is 4.74 Å². The molecule has 4 atom stereocenters. The van der Waals surface area contributed by atoms with Crippen LogP contribution in [0.3, 0.4) is 0 Å². The molecule has 4 heteroatoms. The Hall–Kier alpha value is -0.320. The van der Waals surface area contributed by atoms with Gasteiger partial charge in [-0.25, -0.2) is 0 Å². The topological polar surface area (TPSA) is 21.3 Å². The van der Waals surface area contributed by atoms with Gasteiger partial charge in [-0.3, -0.25) is 0 Å². The average Bonchev–Trinajstić information content (AvgIpc) is 2.49. The zero-order valence-corrected chi connectivity index (χ0v) is 15.1. The highest BCUT2D eigenvalue weighted by Crippen LogP contribution is 2.41. The second kappa shape index (κ2) is 8.35. The molecule has 0 spiro atoms. The van der Waals surface area contributed by atoms with Crippen molar-refractivity contribution in [1.82, 2.24) is 5.32 Å². The smallest absolute Gasteiger partial charge is 0.119 e. The molecule has 0 radical (unpaired) electrons. The average molecular weight is 326 g/mol. The summed E-state index contributed by atoms with van der Waals surface area (Å²) in [7, 11) is 0. The summed E-state index contributed by atoms with van der Waals surface area (Å²) in [5.74, 6) is 2.19. The maximum absolute atomic E-state index is 5.55. The van der Waals surface area contributed by atoms with E-state index in [1.807, 2.05) is 6.92 Å². The SMILES string of the molecule is CCNC(c1ccc(OCC)cc1)C1CSC(C)C(C)S1. The van der Waals surface area contributed by atoms with E-state index in [2.05, 4.69) is 73.9 Å². The Morgan fingerprint density at radius 3 is 2.48 bits per heavy atom. The summed E-state index contributed by atoms with van der Waals surface area (Å²) in [6, 6.07) is 9.04. The summed E-state index contributed by atoms with van der Waals surface area (Å²) in [4.78, 5) is 0. The molecule has 0 aromatic heterocycles. The number of ether oxygens (including phenoxy) is 1. The molecule has 2 nitrogen and oxygen atoms in total. The molecule has 0 aliphatic carbocycles. The molecule has 4 unspecified atom stereocenters. The van der Waals surface area contributed by atoms with E-state index in [4.69, 9.17) is 4.74 Å². The first kappa shape index (κ1) is 17.0. The van der Waals surface area contributed by atoms with Crippen LogP contribution in [0.2, 0.25) is 0 Å². The van der Waals surface area contributed by atoms with Gasteiger partial charge in [-0.05, 0) is 31.2 Å². The minimum Gasteiger partial charge on any atom is -0.494 e. The summed E-state index contributed by atoms with van der Waals surface area (Å²) in [6.45, 7) is 10.6. The molecule has 1 aliphatic heterocycles. The van der Waals surface area contributed by atoms with Crippen LogP contribution in [-0.2, 0) is 0 Å². The van der Waals surface area contributed by atoms with E-state index < -0.39 is 0 Å². The van der Waals surface area contributed by atoms with Crippen LogP contribution in [0.4, 0.5) is 0 Å². The van der Waals surface area contributed by atoms with Gasteiger partial charge in [-0.15, -0.1) is 0 Å². The number of nitrogens with one attached hydrogen (secondary N) is 1. The van der Waals surface area contributed by atoms with Gasteiger partial charge in [0.1, 0.15) is 5.75 Å². The predicted octanol–water partition coefficient (Wildman–Crippen LogP) is 4.36. The minimum atomic E-state index is 0.429. The molecule has 1 aliphatic rings. The molecule has 0 amide bonds. The molecule has 0 saturated carbocycles. The number of hydrogen-bond donors (Lipinski definition) is 1. The Labute approximate surface area is 137 Å². The lowest BCUT2D eigenvalue weighted by atomic mass is 10.0. The molecule has 1 aromatic rings. The van der Waals surface area contributed by atoms with Crippen LogP contribution in [0.1, 0.15) is 39.3 Å². The Morgan fingerprint density at radius 1 is 1.19 bits per heavy atom. The molecule has 1 saturated heterocycles. The third kappa shape index (κ3) is 4.57. The van der Waals surface area contributed by atoms with Crippen LogP contribution < -0.4 is 10.1 Å². The maximum Gasteiger partial charge on any atom is 0.119 e. The predicted molar refractivity (Wildman–Crippen MR) is 96.8 cm³/mol. The van der Waals surface area contributed by atoms with Gasteiger partial charge in [0.25, 0.3) is 0 Å². The van der Waals surface area contributed by atoms with Gasteiger partial charge in [0.2, 0.25) is 0 Å². The molecular formula is C17H27NOS2. The quantitative estimate of drug-likeness (QED) is 0.838. The molecule has 1 heterocycles. The Morgan fingerprint density at radius 2 is 1.90 bits per heavy atom. The van der Waals surface area contributed by atoms with Crippen molar-refractivity contribution in [2.45, 2.75) is 49.5 Å². The van der Waals surface area contributed by atoms with E-state index in [1.165, 1.54) is 11.3 Å². The maximum atomic E-state index is 5.55. The van der Waals surface area contributed by atoms with Crippen molar-refractivity contribution in [3.05, 3.63) is 29.8 Å². The van der Waals surface area contributed by atoms with Crippen LogP contribution >= 0.6 is 23.5 Å². The molecule has 2 rings (SSSR count). The zero-order valence-electron chi connectivity index (χ0n) is 13.5. The first-order valence-corrected chi connectivity index (χ1v) is 9.88. The van der Waals surface area contributed by atoms with Gasteiger partial charge in [0.15, 0.2) is 0 Å². The Balaban J connectivity index is 2.10. The van der Waals surface area contributed by atoms with Crippen molar-refractivity contribution in [3.8, 4) is 5.75 Å². The summed E-state index contributed by atoms with van der Waals surface area (Å²) in [5.41, 5.74) is 1.38. The number of rotatable bonds is 6. The fraction of sp³-hybridized carbons (Fsp3) is 0.647. The molecule has 118 valence electrons. The van der Waals surface area contributed by atoms with E-state index in [1.54, 1.807) is 0 Å². The Bertz CT molecular complexity index is 423. The van der Waals surface area contributed by atoms with Gasteiger partial charge in [0, 0.05) is 27.5 Å². The lowest BCUT2D eigenvalue weighted by Crippen LogP contribution is -2.37. The summed E-state index contributed by atoms with van der Waals surface area (Å²) in [6.07, 6.45) is 0. The van der Waals surface area contributed by atoms with Crippen LogP contribution in [0.15, 0.2) is 24.3 Å². The highest BCUT2D eigenvalue weighted by Gasteiger charge is 2.31. The summed E-state index contributed by atoms with van der Waals surface area (Å²) >= 11 is 4.25. The molecule has 21 heavy (non-hydrogen) atoms. The normalized spacial score (nSPS) is 27.3. The van der Waals surface area contributed by atoms with E-state index in [-0.39, 0.29) is 0 Å². The molecule has 1 aromatic carbocycles. The van der Waals surface area contributed by atoms with Crippen LogP contribution in [0.5, 0.6) is 5.75 Å². The molecule has 1 N–H and O–H groups in total.